The SMILES string of the molecule is CNC(=O)C(O)(C(N)=O)N(C)C(=O)C1(N2CCCC2)C=CC(c2ccccc2)=CC1. The van der Waals surface area contributed by atoms with Gasteiger partial charge in [0.2, 0.25) is 5.91 Å². The van der Waals surface area contributed by atoms with Gasteiger partial charge in [-0.2, -0.15) is 0 Å². The van der Waals surface area contributed by atoms with E-state index in [9.17, 15) is 19.5 Å². The Balaban J connectivity index is 1.98. The molecule has 0 spiro atoms. The summed E-state index contributed by atoms with van der Waals surface area (Å²) in [5.74, 6) is -2.92. The molecule has 0 aromatic heterocycles. The highest BCUT2D eigenvalue weighted by atomic mass is 16.3. The van der Waals surface area contributed by atoms with Crippen LogP contribution in [0.3, 0.4) is 0 Å². The molecule has 8 nitrogen and oxygen atoms in total. The highest BCUT2D eigenvalue weighted by Gasteiger charge is 2.54. The minimum atomic E-state index is -2.78. The third-order valence-electron chi connectivity index (χ3n) is 6.00. The molecule has 0 saturated carbocycles. The summed E-state index contributed by atoms with van der Waals surface area (Å²) in [4.78, 5) is 40.7. The number of aliphatic hydroxyl groups is 1. The van der Waals surface area contributed by atoms with Gasteiger partial charge < -0.3 is 16.2 Å². The maximum absolute atomic E-state index is 13.7. The number of nitrogens with one attached hydrogen (secondary N) is 1. The van der Waals surface area contributed by atoms with Crippen LogP contribution in [0.15, 0.2) is 48.6 Å². The zero-order chi connectivity index (χ0) is 21.9. The van der Waals surface area contributed by atoms with Gasteiger partial charge in [-0.3, -0.25) is 24.2 Å². The van der Waals surface area contributed by atoms with Gasteiger partial charge in [-0.15, -0.1) is 0 Å². The number of likely N-dealkylation sites (tertiary alicyclic amines) is 1. The van der Waals surface area contributed by atoms with Crippen molar-refractivity contribution in [2.24, 2.45) is 5.73 Å². The second kappa shape index (κ2) is 8.41. The van der Waals surface area contributed by atoms with Gasteiger partial charge in [0.1, 0.15) is 5.54 Å². The van der Waals surface area contributed by atoms with E-state index in [2.05, 4.69) is 5.32 Å². The van der Waals surface area contributed by atoms with Crippen LogP contribution in [0.4, 0.5) is 0 Å². The molecule has 2 atom stereocenters. The summed E-state index contributed by atoms with van der Waals surface area (Å²) in [6, 6.07) is 9.81. The summed E-state index contributed by atoms with van der Waals surface area (Å²) in [6.45, 7) is 1.40. The van der Waals surface area contributed by atoms with Gasteiger partial charge in [0.25, 0.3) is 11.8 Å². The van der Waals surface area contributed by atoms with Crippen LogP contribution < -0.4 is 11.1 Å². The normalized spacial score (nSPS) is 23.4. The number of hydrogen-bond donors (Lipinski definition) is 3. The van der Waals surface area contributed by atoms with E-state index in [1.54, 1.807) is 0 Å². The highest BCUT2D eigenvalue weighted by molar-refractivity contribution is 6.10. The van der Waals surface area contributed by atoms with Crippen molar-refractivity contribution in [3.05, 3.63) is 54.1 Å². The molecule has 2 aliphatic rings. The molecular formula is C22H28N4O4. The van der Waals surface area contributed by atoms with Gasteiger partial charge >= 0.3 is 5.72 Å². The molecule has 1 saturated heterocycles. The van der Waals surface area contributed by atoms with Gasteiger partial charge in [0, 0.05) is 14.1 Å². The van der Waals surface area contributed by atoms with Crippen LogP contribution in [-0.2, 0) is 14.4 Å². The Labute approximate surface area is 176 Å². The molecule has 1 heterocycles. The number of hydrogen-bond acceptors (Lipinski definition) is 5. The summed E-state index contributed by atoms with van der Waals surface area (Å²) in [5, 5.41) is 13.0. The number of allylic oxidation sites excluding steroid dienone is 2. The van der Waals surface area contributed by atoms with E-state index in [1.807, 2.05) is 53.5 Å². The number of nitrogens with zero attached hydrogens (tertiary/aromatic N) is 2. The summed E-state index contributed by atoms with van der Waals surface area (Å²) in [7, 11) is 2.49. The standard InChI is InChI=1S/C22H28N4O4/c1-24-19(28)22(30,18(23)27)25(2)20(29)21(26-14-6-7-15-26)12-10-17(11-13-21)16-8-4-3-5-9-16/h3-5,8-12,30H,6-7,13-15H2,1-2H3,(H2,23,27)(H,24,28). The van der Waals surface area contributed by atoms with E-state index in [0.29, 0.717) is 19.5 Å². The number of carbonyl (C=O) groups is 3. The monoisotopic (exact) mass is 412 g/mol. The Morgan fingerprint density at radius 3 is 2.33 bits per heavy atom. The fraction of sp³-hybridized carbons (Fsp3) is 0.409. The lowest BCUT2D eigenvalue weighted by atomic mass is 9.83. The first-order chi connectivity index (χ1) is 14.3. The molecule has 3 rings (SSSR count). The second-order valence-corrected chi connectivity index (χ2v) is 7.66. The third-order valence-corrected chi connectivity index (χ3v) is 6.00. The number of primary amides is 1. The van der Waals surface area contributed by atoms with Crippen LogP contribution in [0.5, 0.6) is 0 Å². The van der Waals surface area contributed by atoms with Crippen molar-refractivity contribution in [1.29, 1.82) is 0 Å². The molecule has 1 aliphatic carbocycles. The first kappa shape index (κ1) is 21.7. The first-order valence-electron chi connectivity index (χ1n) is 10.00. The van der Waals surface area contributed by atoms with Crippen LogP contribution in [0.2, 0.25) is 0 Å². The number of benzene rings is 1. The summed E-state index contributed by atoms with van der Waals surface area (Å²) < 4.78 is 0. The van der Waals surface area contributed by atoms with Gasteiger partial charge in [-0.1, -0.05) is 48.6 Å². The van der Waals surface area contributed by atoms with Gasteiger partial charge in [-0.25, -0.2) is 0 Å². The topological polar surface area (TPSA) is 116 Å². The lowest BCUT2D eigenvalue weighted by Gasteiger charge is -2.44. The van der Waals surface area contributed by atoms with Crippen molar-refractivity contribution in [3.8, 4) is 0 Å². The first-order valence-corrected chi connectivity index (χ1v) is 10.00. The van der Waals surface area contributed by atoms with Crippen molar-refractivity contribution in [2.75, 3.05) is 27.2 Å². The van der Waals surface area contributed by atoms with Gasteiger partial charge in [-0.05, 0) is 43.5 Å². The summed E-state index contributed by atoms with van der Waals surface area (Å²) in [5.41, 5.74) is 3.45. The fourth-order valence-corrected chi connectivity index (χ4v) is 4.16. The minimum absolute atomic E-state index is 0.347. The number of amides is 3. The lowest BCUT2D eigenvalue weighted by molar-refractivity contribution is -0.181. The van der Waals surface area contributed by atoms with Crippen molar-refractivity contribution >= 4 is 23.3 Å². The maximum Gasteiger partial charge on any atom is 0.302 e. The molecule has 0 bridgehead atoms. The average molecular weight is 412 g/mol. The Bertz CT molecular complexity index is 892. The van der Waals surface area contributed by atoms with E-state index in [4.69, 9.17) is 5.73 Å². The number of likely N-dealkylation sites (N-methyl/N-ethyl adjacent to an activating group) is 2. The van der Waals surface area contributed by atoms with Crippen molar-refractivity contribution < 1.29 is 19.5 Å². The Morgan fingerprint density at radius 1 is 1.20 bits per heavy atom. The molecular weight excluding hydrogens is 384 g/mol. The van der Waals surface area contributed by atoms with E-state index >= 15 is 0 Å². The molecule has 4 N–H and O–H groups in total. The Kier molecular flexibility index (Phi) is 6.09. The molecule has 1 fully saturated rings. The Morgan fingerprint density at radius 2 is 1.83 bits per heavy atom. The summed E-state index contributed by atoms with van der Waals surface area (Å²) >= 11 is 0. The molecule has 160 valence electrons. The quantitative estimate of drug-likeness (QED) is 0.457. The van der Waals surface area contributed by atoms with E-state index < -0.39 is 29.0 Å². The predicted molar refractivity (Wildman–Crippen MR) is 113 cm³/mol. The van der Waals surface area contributed by atoms with Crippen molar-refractivity contribution in [3.63, 3.8) is 0 Å². The number of rotatable bonds is 6. The minimum Gasteiger partial charge on any atom is -0.365 e. The average Bonchev–Trinajstić information content (AvgIpc) is 3.33. The molecule has 1 aliphatic heterocycles. The Hall–Kier alpha value is -2.97. The zero-order valence-electron chi connectivity index (χ0n) is 17.3. The van der Waals surface area contributed by atoms with Gasteiger partial charge in [0.05, 0.1) is 0 Å². The molecule has 1 aromatic rings. The molecule has 30 heavy (non-hydrogen) atoms. The van der Waals surface area contributed by atoms with Crippen LogP contribution >= 0.6 is 0 Å². The molecule has 3 amide bonds. The highest BCUT2D eigenvalue weighted by Crippen LogP contribution is 2.36. The third kappa shape index (κ3) is 3.53. The zero-order valence-corrected chi connectivity index (χ0v) is 17.3. The molecule has 0 radical (unpaired) electrons. The largest absolute Gasteiger partial charge is 0.365 e. The van der Waals surface area contributed by atoms with Gasteiger partial charge in [0.15, 0.2) is 0 Å². The van der Waals surface area contributed by atoms with E-state index in [0.717, 1.165) is 28.9 Å². The summed E-state index contributed by atoms with van der Waals surface area (Å²) in [6.07, 6.45) is 7.90. The van der Waals surface area contributed by atoms with Crippen LogP contribution in [-0.4, -0.2) is 71.1 Å². The predicted octanol–water partition coefficient (Wildman–Crippen LogP) is 0.243. The van der Waals surface area contributed by atoms with E-state index in [1.165, 1.54) is 14.1 Å². The fourth-order valence-electron chi connectivity index (χ4n) is 4.16. The van der Waals surface area contributed by atoms with Crippen molar-refractivity contribution in [2.45, 2.75) is 30.5 Å². The number of carbonyl (C=O) groups excluding carboxylic acids is 3. The van der Waals surface area contributed by atoms with Crippen LogP contribution in [0.25, 0.3) is 5.57 Å². The molecule has 8 heteroatoms. The molecule has 1 aromatic carbocycles. The van der Waals surface area contributed by atoms with Crippen LogP contribution in [0.1, 0.15) is 24.8 Å². The number of nitrogens with two attached hydrogens (primary N) is 1. The smallest absolute Gasteiger partial charge is 0.302 e. The van der Waals surface area contributed by atoms with E-state index in [-0.39, 0.29) is 0 Å². The van der Waals surface area contributed by atoms with Crippen LogP contribution in [0, 0.1) is 0 Å². The second-order valence-electron chi connectivity index (χ2n) is 7.66. The maximum atomic E-state index is 13.7. The van der Waals surface area contributed by atoms with Crippen molar-refractivity contribution in [1.82, 2.24) is 15.1 Å². The lowest BCUT2D eigenvalue weighted by Crippen LogP contribution is -2.70. The molecule has 2 unspecified atom stereocenters.